The molecule has 1 amide bonds. The van der Waals surface area contributed by atoms with Crippen LogP contribution in [0.2, 0.25) is 0 Å². The number of amides is 1. The van der Waals surface area contributed by atoms with Gasteiger partial charge in [0.1, 0.15) is 16.5 Å². The first-order chi connectivity index (χ1) is 11.0. The van der Waals surface area contributed by atoms with E-state index in [-0.39, 0.29) is 5.91 Å². The Kier molecular flexibility index (Phi) is 4.54. The van der Waals surface area contributed by atoms with E-state index in [1.54, 1.807) is 17.6 Å². The van der Waals surface area contributed by atoms with Crippen LogP contribution < -0.4 is 5.32 Å². The molecular weight excluding hydrogens is 374 g/mol. The molecule has 1 aromatic carbocycles. The number of aromatic nitrogens is 2. The van der Waals surface area contributed by atoms with Crippen molar-refractivity contribution in [2.75, 3.05) is 5.32 Å². The van der Waals surface area contributed by atoms with Crippen molar-refractivity contribution < 1.29 is 4.79 Å². The highest BCUT2D eigenvalue weighted by atomic mass is 79.9. The van der Waals surface area contributed by atoms with Gasteiger partial charge < -0.3 is 5.32 Å². The Morgan fingerprint density at radius 3 is 2.83 bits per heavy atom. The summed E-state index contributed by atoms with van der Waals surface area (Å²) in [4.78, 5) is 20.9. The number of pyridine rings is 1. The number of halogens is 1. The van der Waals surface area contributed by atoms with E-state index in [0.29, 0.717) is 11.5 Å². The third-order valence-corrected chi connectivity index (χ3v) is 4.86. The number of carbonyl (C=O) groups excluding carboxylic acids is 1. The second-order valence-corrected chi connectivity index (χ2v) is 6.86. The summed E-state index contributed by atoms with van der Waals surface area (Å²) in [6.45, 7) is 4.11. The largest absolute Gasteiger partial charge is 0.304 e. The Morgan fingerprint density at radius 1 is 1.26 bits per heavy atom. The average Bonchev–Trinajstić information content (AvgIpc) is 2.99. The number of nitrogens with zero attached hydrogens (tertiary/aromatic N) is 2. The average molecular weight is 388 g/mol. The number of benzene rings is 1. The molecule has 0 atom stereocenters. The summed E-state index contributed by atoms with van der Waals surface area (Å²) in [5.74, 6) is 0.218. The minimum atomic E-state index is -0.267. The quantitative estimate of drug-likeness (QED) is 0.699. The minimum Gasteiger partial charge on any atom is -0.304 e. The first kappa shape index (κ1) is 15.8. The maximum absolute atomic E-state index is 12.3. The Balaban J connectivity index is 1.84. The van der Waals surface area contributed by atoms with E-state index in [4.69, 9.17) is 0 Å². The smallest absolute Gasteiger partial charge is 0.276 e. The zero-order valence-corrected chi connectivity index (χ0v) is 15.0. The molecule has 0 radical (unpaired) electrons. The monoisotopic (exact) mass is 387 g/mol. The van der Waals surface area contributed by atoms with Gasteiger partial charge in [-0.15, -0.1) is 11.3 Å². The van der Waals surface area contributed by atoms with Crippen LogP contribution in [0.5, 0.6) is 0 Å². The van der Waals surface area contributed by atoms with Crippen LogP contribution in [0.1, 0.15) is 21.6 Å². The SMILES string of the molecule is Cc1ccc(-c2nc(C(=O)Nc3ncccc3Br)cs2)c(C)c1. The number of rotatable bonds is 3. The van der Waals surface area contributed by atoms with Gasteiger partial charge in [-0.1, -0.05) is 23.8 Å². The van der Waals surface area contributed by atoms with Crippen LogP contribution >= 0.6 is 27.3 Å². The van der Waals surface area contributed by atoms with Crippen LogP contribution in [0.3, 0.4) is 0 Å². The maximum atomic E-state index is 12.3. The molecule has 0 aliphatic carbocycles. The van der Waals surface area contributed by atoms with Gasteiger partial charge in [0.25, 0.3) is 5.91 Å². The Labute approximate surface area is 146 Å². The molecule has 0 spiro atoms. The van der Waals surface area contributed by atoms with Crippen molar-refractivity contribution in [2.45, 2.75) is 13.8 Å². The zero-order chi connectivity index (χ0) is 16.4. The standard InChI is InChI=1S/C17H14BrN3OS/c1-10-5-6-12(11(2)8-10)17-20-14(9-23-17)16(22)21-15-13(18)4-3-7-19-15/h3-9H,1-2H3,(H,19,21,22). The summed E-state index contributed by atoms with van der Waals surface area (Å²) in [6, 6.07) is 9.82. The van der Waals surface area contributed by atoms with Crippen molar-refractivity contribution in [3.05, 3.63) is 63.2 Å². The number of hydrogen-bond acceptors (Lipinski definition) is 4. The number of carbonyl (C=O) groups is 1. The molecule has 3 rings (SSSR count). The third-order valence-electron chi connectivity index (χ3n) is 3.34. The second kappa shape index (κ2) is 6.60. The fraction of sp³-hybridized carbons (Fsp3) is 0.118. The van der Waals surface area contributed by atoms with Crippen LogP contribution in [0.15, 0.2) is 46.4 Å². The molecule has 0 aliphatic rings. The van der Waals surface area contributed by atoms with Crippen molar-refractivity contribution in [3.63, 3.8) is 0 Å². The van der Waals surface area contributed by atoms with Crippen LogP contribution in [0.4, 0.5) is 5.82 Å². The molecule has 2 aromatic heterocycles. The summed E-state index contributed by atoms with van der Waals surface area (Å²) in [7, 11) is 0. The molecule has 116 valence electrons. The van der Waals surface area contributed by atoms with Gasteiger partial charge >= 0.3 is 0 Å². The zero-order valence-electron chi connectivity index (χ0n) is 12.6. The highest BCUT2D eigenvalue weighted by Gasteiger charge is 2.14. The van der Waals surface area contributed by atoms with Crippen molar-refractivity contribution >= 4 is 39.0 Å². The lowest BCUT2D eigenvalue weighted by atomic mass is 10.1. The van der Waals surface area contributed by atoms with Crippen LogP contribution in [0.25, 0.3) is 10.6 Å². The van der Waals surface area contributed by atoms with Gasteiger partial charge in [0.15, 0.2) is 0 Å². The van der Waals surface area contributed by atoms with Gasteiger partial charge in [0.2, 0.25) is 0 Å². The van der Waals surface area contributed by atoms with Crippen LogP contribution in [-0.4, -0.2) is 15.9 Å². The van der Waals surface area contributed by atoms with E-state index in [2.05, 4.69) is 57.2 Å². The van der Waals surface area contributed by atoms with E-state index in [0.717, 1.165) is 20.6 Å². The second-order valence-electron chi connectivity index (χ2n) is 5.14. The maximum Gasteiger partial charge on any atom is 0.276 e. The highest BCUT2D eigenvalue weighted by molar-refractivity contribution is 9.10. The molecule has 4 nitrogen and oxygen atoms in total. The Morgan fingerprint density at radius 2 is 2.09 bits per heavy atom. The lowest BCUT2D eigenvalue weighted by molar-refractivity contribution is 0.102. The summed E-state index contributed by atoms with van der Waals surface area (Å²) in [5.41, 5.74) is 3.81. The molecule has 2 heterocycles. The van der Waals surface area contributed by atoms with Crippen molar-refractivity contribution in [3.8, 4) is 10.6 Å². The number of anilines is 1. The summed E-state index contributed by atoms with van der Waals surface area (Å²) >= 11 is 4.82. The summed E-state index contributed by atoms with van der Waals surface area (Å²) in [5, 5.41) is 5.37. The molecule has 0 saturated carbocycles. The third kappa shape index (κ3) is 3.48. The van der Waals surface area contributed by atoms with Gasteiger partial charge in [0, 0.05) is 17.1 Å². The molecule has 0 bridgehead atoms. The van der Waals surface area contributed by atoms with E-state index in [1.165, 1.54) is 16.9 Å². The molecule has 0 fully saturated rings. The Hall–Kier alpha value is -2.05. The number of thiazole rings is 1. The predicted molar refractivity (Wildman–Crippen MR) is 96.9 cm³/mol. The predicted octanol–water partition coefficient (Wildman–Crippen LogP) is 4.84. The first-order valence-corrected chi connectivity index (χ1v) is 8.67. The number of hydrogen-bond donors (Lipinski definition) is 1. The topological polar surface area (TPSA) is 54.9 Å². The summed E-state index contributed by atoms with van der Waals surface area (Å²) in [6.07, 6.45) is 1.63. The molecule has 0 saturated heterocycles. The molecular formula is C17H14BrN3OS. The lowest BCUT2D eigenvalue weighted by Gasteiger charge is -2.04. The molecule has 23 heavy (non-hydrogen) atoms. The van der Waals surface area contributed by atoms with E-state index < -0.39 is 0 Å². The highest BCUT2D eigenvalue weighted by Crippen LogP contribution is 2.28. The molecule has 1 N–H and O–H groups in total. The Bertz CT molecular complexity index is 876. The van der Waals surface area contributed by atoms with Crippen molar-refractivity contribution in [2.24, 2.45) is 0 Å². The molecule has 6 heteroatoms. The number of aryl methyl sites for hydroxylation is 2. The van der Waals surface area contributed by atoms with E-state index >= 15 is 0 Å². The summed E-state index contributed by atoms with van der Waals surface area (Å²) < 4.78 is 0.734. The minimum absolute atomic E-state index is 0.267. The van der Waals surface area contributed by atoms with Gasteiger partial charge in [-0.05, 0) is 47.5 Å². The van der Waals surface area contributed by atoms with Crippen LogP contribution in [-0.2, 0) is 0 Å². The van der Waals surface area contributed by atoms with Crippen molar-refractivity contribution in [1.29, 1.82) is 0 Å². The van der Waals surface area contributed by atoms with Gasteiger partial charge in [-0.3, -0.25) is 4.79 Å². The van der Waals surface area contributed by atoms with Crippen molar-refractivity contribution in [1.82, 2.24) is 9.97 Å². The lowest BCUT2D eigenvalue weighted by Crippen LogP contribution is -2.13. The van der Waals surface area contributed by atoms with Gasteiger partial charge in [-0.2, -0.15) is 0 Å². The fourth-order valence-corrected chi connectivity index (χ4v) is 3.45. The molecule has 3 aromatic rings. The fourth-order valence-electron chi connectivity index (χ4n) is 2.20. The van der Waals surface area contributed by atoms with Crippen LogP contribution in [0, 0.1) is 13.8 Å². The molecule has 0 aliphatic heterocycles. The van der Waals surface area contributed by atoms with E-state index in [9.17, 15) is 4.79 Å². The normalized spacial score (nSPS) is 10.6. The van der Waals surface area contributed by atoms with Gasteiger partial charge in [0.05, 0.1) is 4.47 Å². The van der Waals surface area contributed by atoms with Gasteiger partial charge in [-0.25, -0.2) is 9.97 Å². The number of nitrogens with one attached hydrogen (secondary N) is 1. The van der Waals surface area contributed by atoms with E-state index in [1.807, 2.05) is 12.1 Å². The first-order valence-electron chi connectivity index (χ1n) is 6.99. The molecule has 0 unspecified atom stereocenters.